The van der Waals surface area contributed by atoms with Gasteiger partial charge in [0.15, 0.2) is 21.5 Å². The molecule has 2 aliphatic rings. The number of hydrogen-bond donors (Lipinski definition) is 2. The van der Waals surface area contributed by atoms with E-state index < -0.39 is 44.7 Å². The molecule has 224 valence electrons. The number of pyridine rings is 1. The fourth-order valence-electron chi connectivity index (χ4n) is 4.96. The van der Waals surface area contributed by atoms with E-state index in [0.717, 1.165) is 18.4 Å². The number of anilines is 1. The number of carbonyl (C=O) groups excluding carboxylic acids is 2. The molecule has 0 radical (unpaired) electrons. The van der Waals surface area contributed by atoms with Gasteiger partial charge < -0.3 is 10.6 Å². The van der Waals surface area contributed by atoms with Crippen molar-refractivity contribution in [2.75, 3.05) is 44.0 Å². The van der Waals surface area contributed by atoms with Gasteiger partial charge in [0, 0.05) is 57.3 Å². The first-order valence-electron chi connectivity index (χ1n) is 12.7. The lowest BCUT2D eigenvalue weighted by Gasteiger charge is -2.52. The van der Waals surface area contributed by atoms with E-state index in [0.29, 0.717) is 42.9 Å². The number of nitrogens with one attached hydrogen (secondary N) is 2. The average Bonchev–Trinajstić information content (AvgIpc) is 3.20. The van der Waals surface area contributed by atoms with Gasteiger partial charge >= 0.3 is 6.18 Å². The molecule has 42 heavy (non-hydrogen) atoms. The zero-order chi connectivity index (χ0) is 30.9. The highest BCUT2D eigenvalue weighted by atomic mass is 32.2. The Morgan fingerprint density at radius 1 is 1.29 bits per heavy atom. The largest absolute Gasteiger partial charge is 0.416 e. The Kier molecular flexibility index (Phi) is 8.55. The second kappa shape index (κ2) is 11.6. The maximum Gasteiger partial charge on any atom is 0.416 e. The molecular weight excluding hydrogens is 575 g/mol. The number of rotatable bonds is 9. The number of sulfone groups is 1. The van der Waals surface area contributed by atoms with Crippen LogP contribution in [0.5, 0.6) is 0 Å². The van der Waals surface area contributed by atoms with Crippen molar-refractivity contribution in [3.05, 3.63) is 71.1 Å². The highest BCUT2D eigenvalue weighted by Gasteiger charge is 2.49. The number of aromatic nitrogens is 3. The summed E-state index contributed by atoms with van der Waals surface area (Å²) in [6, 6.07) is 3.35. The molecule has 2 aromatic heterocycles. The standard InChI is InChI=1S/C27H30F3N7O4S/c1-5-19(27(28,29)30)8-6-17(2)13-36-15-26(16-36)10-20-23(25(39)34-26)24(33-22(38)14-42(4,40)41)37(35-20)21-9-7-18(11-31-3)12-32-21/h5-9,11-12H,1,10,13-16H2,2-4H3,(H,33,38)(H,34,39)/b17-6+,19-8+,31-11?. The van der Waals surface area contributed by atoms with Gasteiger partial charge in [0.1, 0.15) is 11.3 Å². The Morgan fingerprint density at radius 3 is 2.57 bits per heavy atom. The summed E-state index contributed by atoms with van der Waals surface area (Å²) < 4.78 is 63.5. The van der Waals surface area contributed by atoms with Crippen LogP contribution in [0.4, 0.5) is 19.0 Å². The van der Waals surface area contributed by atoms with Crippen molar-refractivity contribution in [3.63, 3.8) is 0 Å². The number of hydrogen-bond acceptors (Lipinski definition) is 8. The van der Waals surface area contributed by atoms with Crippen LogP contribution in [0, 0.1) is 0 Å². The predicted molar refractivity (Wildman–Crippen MR) is 152 cm³/mol. The fraction of sp³-hybridized carbons (Fsp3) is 0.370. The second-order valence-corrected chi connectivity index (χ2v) is 12.6. The van der Waals surface area contributed by atoms with Crippen molar-refractivity contribution in [2.24, 2.45) is 4.99 Å². The third-order valence-corrected chi connectivity index (χ3v) is 7.39. The Bertz CT molecular complexity index is 1600. The SMILES string of the molecule is C=C/C(=C\C=C(/C)CN1CC2(Cc3nn(-c4ccc(C=NC)cn4)c(NC(=O)CS(C)(=O)=O)c3C(=O)N2)C1)C(F)(F)F. The highest BCUT2D eigenvalue weighted by Crippen LogP contribution is 2.35. The quantitative estimate of drug-likeness (QED) is 0.330. The number of halogens is 3. The molecule has 2 amide bonds. The number of nitrogens with zero attached hydrogens (tertiary/aromatic N) is 5. The van der Waals surface area contributed by atoms with Crippen molar-refractivity contribution in [2.45, 2.75) is 25.1 Å². The Balaban J connectivity index is 1.58. The molecule has 0 atom stereocenters. The summed E-state index contributed by atoms with van der Waals surface area (Å²) in [5, 5.41) is 10.1. The molecule has 11 nitrogen and oxygen atoms in total. The van der Waals surface area contributed by atoms with E-state index in [1.807, 2.05) is 4.90 Å². The first-order chi connectivity index (χ1) is 19.6. The Labute approximate surface area is 240 Å². The van der Waals surface area contributed by atoms with Crippen molar-refractivity contribution >= 4 is 33.7 Å². The van der Waals surface area contributed by atoms with Crippen LogP contribution in [0.25, 0.3) is 5.82 Å². The van der Waals surface area contributed by atoms with Gasteiger partial charge in [-0.1, -0.05) is 30.4 Å². The lowest BCUT2D eigenvalue weighted by molar-refractivity contribution is -0.113. The van der Waals surface area contributed by atoms with Crippen molar-refractivity contribution in [1.82, 2.24) is 25.0 Å². The Morgan fingerprint density at radius 2 is 2.00 bits per heavy atom. The molecule has 0 bridgehead atoms. The summed E-state index contributed by atoms with van der Waals surface area (Å²) in [6.07, 6.45) is 3.02. The number of aliphatic imine (C=N–C) groups is 1. The van der Waals surface area contributed by atoms with Crippen molar-refractivity contribution < 1.29 is 31.2 Å². The van der Waals surface area contributed by atoms with E-state index in [4.69, 9.17) is 0 Å². The minimum atomic E-state index is -4.49. The van der Waals surface area contributed by atoms with Gasteiger partial charge in [0.05, 0.1) is 16.8 Å². The maximum absolute atomic E-state index is 13.4. The molecule has 0 aromatic carbocycles. The maximum atomic E-state index is 13.4. The van der Waals surface area contributed by atoms with E-state index in [9.17, 15) is 31.2 Å². The van der Waals surface area contributed by atoms with Gasteiger partial charge in [-0.25, -0.2) is 13.4 Å². The zero-order valence-electron chi connectivity index (χ0n) is 23.2. The van der Waals surface area contributed by atoms with Crippen LogP contribution in [0.1, 0.15) is 28.5 Å². The van der Waals surface area contributed by atoms with Gasteiger partial charge in [-0.15, -0.1) is 0 Å². The third-order valence-electron chi connectivity index (χ3n) is 6.61. The molecule has 15 heteroatoms. The van der Waals surface area contributed by atoms with E-state index in [1.165, 1.54) is 17.0 Å². The molecule has 4 heterocycles. The topological polar surface area (TPSA) is 139 Å². The average molecular weight is 606 g/mol. The third kappa shape index (κ3) is 7.02. The van der Waals surface area contributed by atoms with Gasteiger partial charge in [0.25, 0.3) is 5.91 Å². The van der Waals surface area contributed by atoms with E-state index >= 15 is 0 Å². The van der Waals surface area contributed by atoms with Gasteiger partial charge in [-0.3, -0.25) is 19.5 Å². The van der Waals surface area contributed by atoms with Crippen LogP contribution in [-0.4, -0.2) is 96.5 Å². The molecule has 1 spiro atoms. The van der Waals surface area contributed by atoms with Crippen LogP contribution < -0.4 is 10.6 Å². The smallest absolute Gasteiger partial charge is 0.343 e. The fourth-order valence-corrected chi connectivity index (χ4v) is 5.51. The van der Waals surface area contributed by atoms with Gasteiger partial charge in [0.2, 0.25) is 5.91 Å². The van der Waals surface area contributed by atoms with Crippen LogP contribution in [0.3, 0.4) is 0 Å². The lowest BCUT2D eigenvalue weighted by Crippen LogP contribution is -2.72. The Hall–Kier alpha value is -4.11. The number of allylic oxidation sites excluding steroid dienone is 4. The highest BCUT2D eigenvalue weighted by molar-refractivity contribution is 7.91. The summed E-state index contributed by atoms with van der Waals surface area (Å²) in [4.78, 5) is 36.2. The minimum absolute atomic E-state index is 0.000148. The van der Waals surface area contributed by atoms with Crippen LogP contribution in [-0.2, 0) is 21.1 Å². The molecule has 4 rings (SSSR count). The molecule has 1 saturated heterocycles. The predicted octanol–water partition coefficient (Wildman–Crippen LogP) is 2.26. The molecule has 0 aliphatic carbocycles. The first kappa shape index (κ1) is 30.8. The molecule has 2 aliphatic heterocycles. The van der Waals surface area contributed by atoms with Crippen molar-refractivity contribution in [3.8, 4) is 5.82 Å². The first-order valence-corrected chi connectivity index (χ1v) is 14.8. The molecule has 2 N–H and O–H groups in total. The number of alkyl halides is 3. The molecule has 0 unspecified atom stereocenters. The number of likely N-dealkylation sites (tertiary alicyclic amines) is 1. The normalized spacial score (nSPS) is 17.6. The van der Waals surface area contributed by atoms with Gasteiger partial charge in [-0.2, -0.15) is 23.0 Å². The summed E-state index contributed by atoms with van der Waals surface area (Å²) in [6.45, 7) is 6.16. The molecular formula is C27H30F3N7O4S. The summed E-state index contributed by atoms with van der Waals surface area (Å²) in [5.41, 5.74) is 0.398. The summed E-state index contributed by atoms with van der Waals surface area (Å²) in [7, 11) is -2.03. The molecule has 1 fully saturated rings. The van der Waals surface area contributed by atoms with Crippen LogP contribution in [0.2, 0.25) is 0 Å². The monoisotopic (exact) mass is 605 g/mol. The van der Waals surface area contributed by atoms with E-state index in [2.05, 4.69) is 32.3 Å². The molecule has 2 aromatic rings. The zero-order valence-corrected chi connectivity index (χ0v) is 24.0. The van der Waals surface area contributed by atoms with Crippen molar-refractivity contribution in [1.29, 1.82) is 0 Å². The lowest BCUT2D eigenvalue weighted by atomic mass is 9.81. The van der Waals surface area contributed by atoms with Crippen LogP contribution in [0.15, 0.2) is 59.3 Å². The van der Waals surface area contributed by atoms with Crippen LogP contribution >= 0.6 is 0 Å². The number of fused-ring (bicyclic) bond motifs is 1. The minimum Gasteiger partial charge on any atom is -0.343 e. The van der Waals surface area contributed by atoms with Gasteiger partial charge in [-0.05, 0) is 19.1 Å². The summed E-state index contributed by atoms with van der Waals surface area (Å²) in [5.74, 6) is -1.83. The second-order valence-electron chi connectivity index (χ2n) is 10.4. The molecule has 0 saturated carbocycles. The van der Waals surface area contributed by atoms with E-state index in [-0.39, 0.29) is 17.2 Å². The number of amides is 2. The number of carbonyl (C=O) groups is 2. The van der Waals surface area contributed by atoms with E-state index in [1.54, 1.807) is 32.3 Å². The summed E-state index contributed by atoms with van der Waals surface area (Å²) >= 11 is 0.